The summed E-state index contributed by atoms with van der Waals surface area (Å²) in [7, 11) is -2.56. The number of hydrogen-bond acceptors (Lipinski definition) is 3. The van der Waals surface area contributed by atoms with Crippen molar-refractivity contribution in [3.8, 4) is 11.4 Å². The molecule has 5 heteroatoms. The minimum atomic E-state index is -2.56. The first-order valence-electron chi connectivity index (χ1n) is 12.0. The van der Waals surface area contributed by atoms with Gasteiger partial charge >= 0.3 is 0 Å². The Balaban J connectivity index is 1.90. The molecule has 0 aliphatic rings. The topological polar surface area (TPSA) is 45.8 Å². The minimum Gasteiger partial charge on any atom is -0.303 e. The van der Waals surface area contributed by atoms with Crippen LogP contribution in [-0.2, 0) is 0 Å². The van der Waals surface area contributed by atoms with Crippen molar-refractivity contribution in [1.29, 1.82) is 0 Å². The van der Waals surface area contributed by atoms with Gasteiger partial charge in [0.25, 0.3) is 5.56 Å². The Hall–Kier alpha value is -3.46. The van der Waals surface area contributed by atoms with Crippen LogP contribution in [0.15, 0.2) is 125 Å². The molecule has 3 nitrogen and oxygen atoms in total. The summed E-state index contributed by atoms with van der Waals surface area (Å²) in [6, 6.07) is 39.5. The standard InChI is InChI=1S/C31H27N2OPS/c1-3-36-31-28(30(34)32-29(33-31)24-21-19-23(2)20-22-24)35(25-13-7-4-8-14-25,26-15-9-5-10-16-26)27-17-11-6-12-18-27/h4-22H,3H2,1-2H3/p+1. The van der Waals surface area contributed by atoms with E-state index in [4.69, 9.17) is 4.98 Å². The van der Waals surface area contributed by atoms with Gasteiger partial charge in [-0.05, 0) is 49.1 Å². The maximum atomic E-state index is 14.3. The molecule has 0 unspecified atom stereocenters. The molecule has 0 bridgehead atoms. The van der Waals surface area contributed by atoms with E-state index in [0.29, 0.717) is 5.82 Å². The van der Waals surface area contributed by atoms with Crippen LogP contribution in [0.5, 0.6) is 0 Å². The van der Waals surface area contributed by atoms with Crippen molar-refractivity contribution in [2.24, 2.45) is 0 Å². The highest BCUT2D eigenvalue weighted by atomic mass is 32.2. The van der Waals surface area contributed by atoms with Crippen LogP contribution >= 0.6 is 19.0 Å². The Morgan fingerprint density at radius 1 is 0.722 bits per heavy atom. The van der Waals surface area contributed by atoms with E-state index in [0.717, 1.165) is 37.6 Å². The van der Waals surface area contributed by atoms with Crippen molar-refractivity contribution < 1.29 is 0 Å². The molecule has 4 aromatic carbocycles. The Morgan fingerprint density at radius 2 is 1.19 bits per heavy atom. The maximum Gasteiger partial charge on any atom is 0.296 e. The van der Waals surface area contributed by atoms with Crippen molar-refractivity contribution in [1.82, 2.24) is 9.97 Å². The first kappa shape index (κ1) is 24.2. The molecule has 0 aliphatic heterocycles. The molecule has 0 fully saturated rings. The van der Waals surface area contributed by atoms with E-state index in [1.54, 1.807) is 11.8 Å². The van der Waals surface area contributed by atoms with E-state index < -0.39 is 7.26 Å². The lowest BCUT2D eigenvalue weighted by Gasteiger charge is -2.28. The molecule has 36 heavy (non-hydrogen) atoms. The van der Waals surface area contributed by atoms with E-state index in [1.165, 1.54) is 5.56 Å². The van der Waals surface area contributed by atoms with Crippen LogP contribution in [-0.4, -0.2) is 15.7 Å². The van der Waals surface area contributed by atoms with Crippen LogP contribution in [0.3, 0.4) is 0 Å². The molecule has 1 heterocycles. The predicted molar refractivity (Wildman–Crippen MR) is 156 cm³/mol. The van der Waals surface area contributed by atoms with E-state index in [2.05, 4.69) is 91.6 Å². The van der Waals surface area contributed by atoms with Crippen LogP contribution in [0.2, 0.25) is 0 Å². The van der Waals surface area contributed by atoms with E-state index in [9.17, 15) is 4.79 Å². The molecule has 0 aliphatic carbocycles. The number of nitrogens with one attached hydrogen (secondary N) is 1. The summed E-state index contributed by atoms with van der Waals surface area (Å²) in [6.07, 6.45) is 0. The molecule has 0 atom stereocenters. The summed E-state index contributed by atoms with van der Waals surface area (Å²) in [4.78, 5) is 22.5. The van der Waals surface area contributed by atoms with E-state index in [1.807, 2.05) is 42.5 Å². The van der Waals surface area contributed by atoms with Crippen molar-refractivity contribution in [3.05, 3.63) is 131 Å². The number of aromatic amines is 1. The Bertz CT molecular complexity index is 1410. The number of aromatic nitrogens is 2. The summed E-state index contributed by atoms with van der Waals surface area (Å²) in [5, 5.41) is 4.96. The van der Waals surface area contributed by atoms with Crippen molar-refractivity contribution in [3.63, 3.8) is 0 Å². The van der Waals surface area contributed by atoms with Gasteiger partial charge in [-0.15, -0.1) is 11.8 Å². The lowest BCUT2D eigenvalue weighted by Crippen LogP contribution is -2.46. The summed E-state index contributed by atoms with van der Waals surface area (Å²) >= 11 is 1.64. The zero-order chi connectivity index (χ0) is 25.0. The molecule has 178 valence electrons. The molecule has 1 aromatic heterocycles. The first-order chi connectivity index (χ1) is 17.6. The van der Waals surface area contributed by atoms with Crippen molar-refractivity contribution in [2.45, 2.75) is 18.9 Å². The fourth-order valence-corrected chi connectivity index (χ4v) is 10.1. The third kappa shape index (κ3) is 4.43. The van der Waals surface area contributed by atoms with Gasteiger partial charge in [0, 0.05) is 5.56 Å². The second kappa shape index (κ2) is 10.7. The number of hydrogen-bond donors (Lipinski definition) is 1. The lowest BCUT2D eigenvalue weighted by molar-refractivity contribution is 1.05. The average Bonchev–Trinajstić information content (AvgIpc) is 2.93. The number of nitrogens with zero attached hydrogens (tertiary/aromatic N) is 1. The second-order valence-electron chi connectivity index (χ2n) is 8.54. The van der Waals surface area contributed by atoms with Gasteiger partial charge in [-0.3, -0.25) is 4.79 Å². The average molecular weight is 508 g/mol. The highest BCUT2D eigenvalue weighted by Crippen LogP contribution is 2.54. The summed E-state index contributed by atoms with van der Waals surface area (Å²) in [5.41, 5.74) is 2.00. The number of thioether (sulfide) groups is 1. The molecule has 1 N–H and O–H groups in total. The van der Waals surface area contributed by atoms with Crippen molar-refractivity contribution in [2.75, 3.05) is 5.75 Å². The number of H-pyrrole nitrogens is 1. The van der Waals surface area contributed by atoms with Gasteiger partial charge in [0.15, 0.2) is 7.26 Å². The molecule has 0 saturated carbocycles. The summed E-state index contributed by atoms with van der Waals surface area (Å²) in [6.45, 7) is 4.16. The molecule has 0 radical (unpaired) electrons. The third-order valence-corrected chi connectivity index (χ3v) is 11.5. The maximum absolute atomic E-state index is 14.3. The minimum absolute atomic E-state index is 0.0820. The predicted octanol–water partition coefficient (Wildman–Crippen LogP) is 5.48. The van der Waals surface area contributed by atoms with E-state index in [-0.39, 0.29) is 5.56 Å². The molecule has 5 aromatic rings. The SMILES string of the molecule is CCSc1nc(-c2ccc(C)cc2)[nH]c(=O)c1[P+](c1ccccc1)(c1ccccc1)c1ccccc1. The monoisotopic (exact) mass is 507 g/mol. The smallest absolute Gasteiger partial charge is 0.296 e. The quantitative estimate of drug-likeness (QED) is 0.180. The first-order valence-corrected chi connectivity index (χ1v) is 14.8. The van der Waals surface area contributed by atoms with Crippen LogP contribution in [0.4, 0.5) is 0 Å². The Morgan fingerprint density at radius 3 is 1.64 bits per heavy atom. The highest BCUT2D eigenvalue weighted by Gasteiger charge is 2.52. The molecular weight excluding hydrogens is 479 g/mol. The zero-order valence-corrected chi connectivity index (χ0v) is 22.1. The molecule has 5 rings (SSSR count). The van der Waals surface area contributed by atoms with Gasteiger partial charge < -0.3 is 4.98 Å². The van der Waals surface area contributed by atoms with Gasteiger partial charge in [-0.1, -0.05) is 91.3 Å². The third-order valence-electron chi connectivity index (χ3n) is 6.23. The lowest BCUT2D eigenvalue weighted by atomic mass is 10.1. The van der Waals surface area contributed by atoms with Gasteiger partial charge in [-0.25, -0.2) is 4.98 Å². The fraction of sp³-hybridized carbons (Fsp3) is 0.0968. The molecular formula is C31H28N2OPS+. The number of aryl methyl sites for hydroxylation is 1. The fourth-order valence-electron chi connectivity index (χ4n) is 4.62. The second-order valence-corrected chi connectivity index (χ2v) is 13.1. The van der Waals surface area contributed by atoms with E-state index >= 15 is 0 Å². The van der Waals surface area contributed by atoms with Crippen LogP contribution < -0.4 is 26.8 Å². The number of benzene rings is 4. The van der Waals surface area contributed by atoms with Crippen LogP contribution in [0, 0.1) is 6.92 Å². The van der Waals surface area contributed by atoms with Crippen molar-refractivity contribution >= 4 is 40.2 Å². The summed E-state index contributed by atoms with van der Waals surface area (Å²) < 4.78 is 0. The molecule has 0 spiro atoms. The largest absolute Gasteiger partial charge is 0.303 e. The van der Waals surface area contributed by atoms with Gasteiger partial charge in [0.2, 0.25) is 5.30 Å². The zero-order valence-electron chi connectivity index (χ0n) is 20.4. The highest BCUT2D eigenvalue weighted by molar-refractivity contribution is 8.04. The normalized spacial score (nSPS) is 11.4. The molecule has 0 saturated heterocycles. The van der Waals surface area contributed by atoms with Gasteiger partial charge in [0.1, 0.15) is 26.8 Å². The Labute approximate surface area is 217 Å². The van der Waals surface area contributed by atoms with Gasteiger partial charge in [-0.2, -0.15) is 0 Å². The van der Waals surface area contributed by atoms with Crippen LogP contribution in [0.25, 0.3) is 11.4 Å². The molecule has 0 amide bonds. The van der Waals surface area contributed by atoms with Gasteiger partial charge in [0.05, 0.1) is 0 Å². The van der Waals surface area contributed by atoms with Crippen LogP contribution in [0.1, 0.15) is 12.5 Å². The number of rotatable bonds is 7. The Kier molecular flexibility index (Phi) is 7.18. The summed E-state index contributed by atoms with van der Waals surface area (Å²) in [5.74, 6) is 1.42.